The number of benzene rings is 4. The topological polar surface area (TPSA) is 73.4 Å². The molecule has 0 saturated heterocycles. The lowest BCUT2D eigenvalue weighted by Crippen LogP contribution is -1.87. The van der Waals surface area contributed by atoms with Crippen LogP contribution < -0.4 is 0 Å². The second-order valence-corrected chi connectivity index (χ2v) is 10.0. The Kier molecular flexibility index (Phi) is 4.72. The fourth-order valence-electron chi connectivity index (χ4n) is 5.27. The molecule has 0 unspecified atom stereocenters. The van der Waals surface area contributed by atoms with Crippen LogP contribution in [-0.4, -0.2) is 9.97 Å². The number of hydrogen-bond acceptors (Lipinski definition) is 5. The minimum atomic E-state index is 0.543. The Morgan fingerprint density at radius 1 is 0.541 bits per heavy atom. The summed E-state index contributed by atoms with van der Waals surface area (Å²) < 4.78 is 2.36. The highest BCUT2D eigenvalue weighted by Crippen LogP contribution is 2.47. The molecule has 0 aliphatic carbocycles. The van der Waals surface area contributed by atoms with E-state index in [0.29, 0.717) is 11.1 Å². The van der Waals surface area contributed by atoms with Gasteiger partial charge in [0.25, 0.3) is 0 Å². The van der Waals surface area contributed by atoms with Crippen molar-refractivity contribution in [3.05, 3.63) is 109 Å². The van der Waals surface area contributed by atoms with Gasteiger partial charge in [-0.1, -0.05) is 48.5 Å². The summed E-state index contributed by atoms with van der Waals surface area (Å²) in [4.78, 5) is 8.63. The molecule has 4 nitrogen and oxygen atoms in total. The van der Waals surface area contributed by atoms with Gasteiger partial charge in [-0.3, -0.25) is 9.97 Å². The molecule has 0 saturated carbocycles. The summed E-state index contributed by atoms with van der Waals surface area (Å²) in [7, 11) is 0. The van der Waals surface area contributed by atoms with Crippen LogP contribution in [0, 0.1) is 22.7 Å². The van der Waals surface area contributed by atoms with Crippen molar-refractivity contribution in [1.29, 1.82) is 10.5 Å². The number of thiophene rings is 1. The SMILES string of the molecule is N#Cc1cncc(-c2cc3sc4cc(-c5cncc(C#N)c5)c5ccccc5c4c3c3ccccc23)c1. The molecule has 0 aliphatic rings. The molecule has 0 aliphatic heterocycles. The van der Waals surface area contributed by atoms with Gasteiger partial charge < -0.3 is 0 Å². The van der Waals surface area contributed by atoms with E-state index >= 15 is 0 Å². The molecule has 3 heterocycles. The van der Waals surface area contributed by atoms with Crippen LogP contribution >= 0.6 is 11.3 Å². The molecule has 0 N–H and O–H groups in total. The number of nitriles is 2. The van der Waals surface area contributed by atoms with Gasteiger partial charge in [0.15, 0.2) is 0 Å². The molecule has 3 aromatic heterocycles. The molecule has 37 heavy (non-hydrogen) atoms. The van der Waals surface area contributed by atoms with Crippen LogP contribution in [0.1, 0.15) is 11.1 Å². The zero-order valence-electron chi connectivity index (χ0n) is 19.4. The lowest BCUT2D eigenvalue weighted by Gasteiger charge is -2.11. The number of nitrogens with zero attached hydrogens (tertiary/aromatic N) is 4. The Morgan fingerprint density at radius 3 is 1.41 bits per heavy atom. The maximum atomic E-state index is 9.43. The summed E-state index contributed by atoms with van der Waals surface area (Å²) in [5, 5.41) is 25.9. The van der Waals surface area contributed by atoms with Crippen LogP contribution in [0.2, 0.25) is 0 Å². The summed E-state index contributed by atoms with van der Waals surface area (Å²) in [6.45, 7) is 0. The van der Waals surface area contributed by atoms with Crippen molar-refractivity contribution in [2.75, 3.05) is 0 Å². The molecule has 0 fully saturated rings. The van der Waals surface area contributed by atoms with E-state index in [1.54, 1.807) is 23.7 Å². The van der Waals surface area contributed by atoms with E-state index in [4.69, 9.17) is 0 Å². The van der Waals surface area contributed by atoms with Crippen molar-refractivity contribution in [2.24, 2.45) is 0 Å². The number of rotatable bonds is 2. The fourth-order valence-corrected chi connectivity index (χ4v) is 6.49. The van der Waals surface area contributed by atoms with E-state index in [2.05, 4.69) is 82.8 Å². The first-order valence-corrected chi connectivity index (χ1v) is 12.6. The minimum Gasteiger partial charge on any atom is -0.263 e. The van der Waals surface area contributed by atoms with Crippen LogP contribution in [0.4, 0.5) is 0 Å². The zero-order valence-corrected chi connectivity index (χ0v) is 20.3. The molecule has 0 atom stereocenters. The average molecular weight is 489 g/mol. The highest BCUT2D eigenvalue weighted by atomic mass is 32.1. The Hall–Kier alpha value is -5.10. The molecule has 0 spiro atoms. The smallest absolute Gasteiger partial charge is 0.101 e. The maximum absolute atomic E-state index is 9.43. The number of aromatic nitrogens is 2. The highest BCUT2D eigenvalue weighted by Gasteiger charge is 2.18. The van der Waals surface area contributed by atoms with Crippen LogP contribution in [0.25, 0.3) is 64.0 Å². The fraction of sp³-hybridized carbons (Fsp3) is 0. The van der Waals surface area contributed by atoms with Gasteiger partial charge in [0.05, 0.1) is 11.1 Å². The van der Waals surface area contributed by atoms with Crippen molar-refractivity contribution >= 4 is 53.1 Å². The Labute approximate surface area is 216 Å². The number of hydrogen-bond donors (Lipinski definition) is 0. The Morgan fingerprint density at radius 2 is 0.973 bits per heavy atom. The standard InChI is InChI=1S/C32H16N4S/c33-13-19-9-21(17-35-15-19)27-11-29-31(25-7-3-1-5-23(25)27)32-26-8-4-2-6-24(26)28(12-30(32)37-29)22-10-20(14-34)16-36-18-22/h1-12,15-18H. The quantitative estimate of drug-likeness (QED) is 0.246. The molecule has 0 bridgehead atoms. The van der Waals surface area contributed by atoms with Crippen LogP contribution in [-0.2, 0) is 0 Å². The van der Waals surface area contributed by atoms with Gasteiger partial charge in [-0.15, -0.1) is 11.3 Å². The van der Waals surface area contributed by atoms with E-state index in [9.17, 15) is 10.5 Å². The summed E-state index contributed by atoms with van der Waals surface area (Å²) in [5.74, 6) is 0. The van der Waals surface area contributed by atoms with E-state index in [1.165, 1.54) is 30.9 Å². The first-order chi connectivity index (χ1) is 18.2. The second-order valence-electron chi connectivity index (χ2n) is 8.94. The second kappa shape index (κ2) is 8.24. The first kappa shape index (κ1) is 21.2. The van der Waals surface area contributed by atoms with E-state index in [0.717, 1.165) is 33.0 Å². The Balaban J connectivity index is 1.62. The zero-order chi connectivity index (χ0) is 24.9. The molecule has 170 valence electrons. The third-order valence-corrected chi connectivity index (χ3v) is 7.93. The van der Waals surface area contributed by atoms with Gasteiger partial charge >= 0.3 is 0 Å². The lowest BCUT2D eigenvalue weighted by molar-refractivity contribution is 1.30. The van der Waals surface area contributed by atoms with E-state index in [-0.39, 0.29) is 0 Å². The van der Waals surface area contributed by atoms with Crippen molar-refractivity contribution in [3.63, 3.8) is 0 Å². The molecule has 7 rings (SSSR count). The van der Waals surface area contributed by atoms with E-state index < -0.39 is 0 Å². The van der Waals surface area contributed by atoms with Crippen LogP contribution in [0.3, 0.4) is 0 Å². The van der Waals surface area contributed by atoms with Gasteiger partial charge in [0.1, 0.15) is 12.1 Å². The molecule has 0 radical (unpaired) electrons. The third kappa shape index (κ3) is 3.27. The maximum Gasteiger partial charge on any atom is 0.101 e. The summed E-state index contributed by atoms with van der Waals surface area (Å²) >= 11 is 1.76. The lowest BCUT2D eigenvalue weighted by atomic mass is 9.92. The van der Waals surface area contributed by atoms with Gasteiger partial charge in [0, 0.05) is 56.1 Å². The van der Waals surface area contributed by atoms with Crippen molar-refractivity contribution < 1.29 is 0 Å². The molecule has 0 amide bonds. The monoisotopic (exact) mass is 488 g/mol. The van der Waals surface area contributed by atoms with Gasteiger partial charge in [0.2, 0.25) is 0 Å². The predicted octanol–water partition coefficient (Wildman–Crippen LogP) is 8.23. The Bertz CT molecular complexity index is 1970. The van der Waals surface area contributed by atoms with Crippen molar-refractivity contribution in [2.45, 2.75) is 0 Å². The normalized spacial score (nSPS) is 11.2. The first-order valence-electron chi connectivity index (χ1n) is 11.8. The highest BCUT2D eigenvalue weighted by molar-refractivity contribution is 7.26. The van der Waals surface area contributed by atoms with Crippen molar-refractivity contribution in [3.8, 4) is 34.4 Å². The molecular formula is C32H16N4S. The minimum absolute atomic E-state index is 0.543. The summed E-state index contributed by atoms with van der Waals surface area (Å²) in [5.41, 5.74) is 5.08. The number of fused-ring (bicyclic) bond motifs is 7. The van der Waals surface area contributed by atoms with Gasteiger partial charge in [-0.2, -0.15) is 10.5 Å². The van der Waals surface area contributed by atoms with Gasteiger partial charge in [-0.25, -0.2) is 0 Å². The summed E-state index contributed by atoms with van der Waals surface area (Å²) in [6.07, 6.45) is 6.83. The molecule has 4 aromatic carbocycles. The average Bonchev–Trinajstić information content (AvgIpc) is 3.35. The predicted molar refractivity (Wildman–Crippen MR) is 150 cm³/mol. The van der Waals surface area contributed by atoms with E-state index in [1.807, 2.05) is 24.5 Å². The van der Waals surface area contributed by atoms with Crippen LogP contribution in [0.15, 0.2) is 97.6 Å². The molecule has 7 aromatic rings. The largest absolute Gasteiger partial charge is 0.263 e. The third-order valence-electron chi connectivity index (χ3n) is 6.84. The molecular weight excluding hydrogens is 472 g/mol. The van der Waals surface area contributed by atoms with Gasteiger partial charge in [-0.05, 0) is 56.9 Å². The van der Waals surface area contributed by atoms with Crippen molar-refractivity contribution in [1.82, 2.24) is 9.97 Å². The molecule has 5 heteroatoms. The summed E-state index contributed by atoms with van der Waals surface area (Å²) in [6, 6.07) is 29.6. The number of pyridine rings is 2. The van der Waals surface area contributed by atoms with Crippen LogP contribution in [0.5, 0.6) is 0 Å².